The first-order chi connectivity index (χ1) is 11.9. The predicted molar refractivity (Wildman–Crippen MR) is 106 cm³/mol. The first-order valence-corrected chi connectivity index (χ1v) is 10.9. The van der Waals surface area contributed by atoms with Crippen LogP contribution in [-0.2, 0) is 11.0 Å². The van der Waals surface area contributed by atoms with Gasteiger partial charge in [0.05, 0.1) is 4.90 Å². The van der Waals surface area contributed by atoms with Crippen molar-refractivity contribution in [3.05, 3.63) is 24.3 Å². The molecule has 2 saturated heterocycles. The van der Waals surface area contributed by atoms with E-state index in [1.807, 2.05) is 12.1 Å². The molecule has 2 fully saturated rings. The maximum Gasteiger partial charge on any atom is 0.127 e. The van der Waals surface area contributed by atoms with E-state index in [0.717, 1.165) is 44.2 Å². The highest BCUT2D eigenvalue weighted by atomic mass is 32.2. The van der Waals surface area contributed by atoms with Crippen molar-refractivity contribution in [2.75, 3.05) is 53.4 Å². The Bertz CT molecular complexity index is 614. The van der Waals surface area contributed by atoms with Gasteiger partial charge in [-0.3, -0.25) is 0 Å². The van der Waals surface area contributed by atoms with Gasteiger partial charge in [-0.15, -0.1) is 0 Å². The number of likely N-dealkylation sites (N-methyl/N-ethyl adjacent to an activating group) is 2. The van der Waals surface area contributed by atoms with Crippen molar-refractivity contribution >= 4 is 22.9 Å². The van der Waals surface area contributed by atoms with Gasteiger partial charge in [-0.05, 0) is 58.1 Å². The number of nitrogens with zero attached hydrogens (tertiary/aromatic N) is 4. The van der Waals surface area contributed by atoms with Crippen LogP contribution in [0.15, 0.2) is 34.1 Å². The average molecular weight is 383 g/mol. The summed E-state index contributed by atoms with van der Waals surface area (Å²) in [4.78, 5) is 6.83. The minimum absolute atomic E-state index is 0.446. The van der Waals surface area contributed by atoms with E-state index in [1.54, 1.807) is 11.9 Å². The molecule has 1 aromatic rings. The van der Waals surface area contributed by atoms with E-state index in [4.69, 9.17) is 0 Å². The fourth-order valence-corrected chi connectivity index (χ4v) is 5.68. The number of rotatable bonds is 4. The van der Waals surface area contributed by atoms with Crippen LogP contribution in [0.25, 0.3) is 0 Å². The first kappa shape index (κ1) is 19.3. The summed E-state index contributed by atoms with van der Waals surface area (Å²) in [6.07, 6.45) is 0. The van der Waals surface area contributed by atoms with Gasteiger partial charge in [0.15, 0.2) is 0 Å². The van der Waals surface area contributed by atoms with Gasteiger partial charge >= 0.3 is 0 Å². The van der Waals surface area contributed by atoms with E-state index >= 15 is 0 Å². The van der Waals surface area contributed by atoms with Crippen molar-refractivity contribution < 1.29 is 4.21 Å². The molecule has 0 bridgehead atoms. The lowest BCUT2D eigenvalue weighted by molar-refractivity contribution is 0.163. The van der Waals surface area contributed by atoms with Crippen LogP contribution >= 0.6 is 11.9 Å². The van der Waals surface area contributed by atoms with Crippen LogP contribution in [0, 0.1) is 0 Å². The van der Waals surface area contributed by atoms with E-state index in [1.165, 1.54) is 4.90 Å². The van der Waals surface area contributed by atoms with Gasteiger partial charge in [-0.1, -0.05) is 6.07 Å². The van der Waals surface area contributed by atoms with Gasteiger partial charge in [0.2, 0.25) is 0 Å². The van der Waals surface area contributed by atoms with Crippen LogP contribution in [0.4, 0.5) is 0 Å². The van der Waals surface area contributed by atoms with Crippen LogP contribution in [-0.4, -0.2) is 88.1 Å². The Morgan fingerprint density at radius 1 is 1.00 bits per heavy atom. The van der Waals surface area contributed by atoms with Crippen molar-refractivity contribution in [3.8, 4) is 0 Å². The van der Waals surface area contributed by atoms with Gasteiger partial charge in [-0.25, -0.2) is 12.8 Å². The van der Waals surface area contributed by atoms with Crippen LogP contribution in [0.2, 0.25) is 0 Å². The Hall–Kier alpha value is -0.440. The highest BCUT2D eigenvalue weighted by Crippen LogP contribution is 2.27. The molecule has 2 aliphatic heterocycles. The Labute approximate surface area is 159 Å². The number of hydrogen-bond acceptors (Lipinski definition) is 5. The monoisotopic (exact) mass is 382 g/mol. The third-order valence-electron chi connectivity index (χ3n) is 5.32. The molecule has 25 heavy (non-hydrogen) atoms. The topological polar surface area (TPSA) is 30.0 Å². The van der Waals surface area contributed by atoms with E-state index in [-0.39, 0.29) is 0 Å². The standard InChI is InChI=1S/C18H30N4OS2/c1-15-13-21(10-8-19(15)3)24-17-6-5-7-18(12-17)25(23)22-11-9-20(4)16(2)14-22/h5-7,12,15-16H,8-11,13-14H2,1-4H3. The molecule has 0 amide bonds. The normalized spacial score (nSPS) is 29.0. The minimum atomic E-state index is -1.07. The summed E-state index contributed by atoms with van der Waals surface area (Å²) in [5, 5.41) is 0. The lowest BCUT2D eigenvalue weighted by Gasteiger charge is -2.37. The molecule has 0 saturated carbocycles. The van der Waals surface area contributed by atoms with Gasteiger partial charge in [0.1, 0.15) is 11.0 Å². The summed E-state index contributed by atoms with van der Waals surface area (Å²) in [5.74, 6) is 0. The van der Waals surface area contributed by atoms with E-state index in [9.17, 15) is 4.21 Å². The molecule has 1 aromatic carbocycles. The van der Waals surface area contributed by atoms with Gasteiger partial charge < -0.3 is 9.80 Å². The molecule has 0 radical (unpaired) electrons. The molecule has 0 N–H and O–H groups in total. The minimum Gasteiger partial charge on any atom is -0.301 e. The lowest BCUT2D eigenvalue weighted by atomic mass is 10.2. The fraction of sp³-hybridized carbons (Fsp3) is 0.667. The third kappa shape index (κ3) is 4.84. The summed E-state index contributed by atoms with van der Waals surface area (Å²) in [5.41, 5.74) is 0. The molecule has 0 aliphatic carbocycles. The molecule has 0 spiro atoms. The van der Waals surface area contributed by atoms with E-state index < -0.39 is 11.0 Å². The zero-order chi connectivity index (χ0) is 18.0. The quantitative estimate of drug-likeness (QED) is 0.743. The molecule has 0 aromatic heterocycles. The highest BCUT2D eigenvalue weighted by Gasteiger charge is 2.26. The number of benzene rings is 1. The van der Waals surface area contributed by atoms with Crippen LogP contribution in [0.3, 0.4) is 0 Å². The molecule has 5 nitrogen and oxygen atoms in total. The van der Waals surface area contributed by atoms with Crippen molar-refractivity contribution in [3.63, 3.8) is 0 Å². The van der Waals surface area contributed by atoms with Crippen LogP contribution in [0.1, 0.15) is 13.8 Å². The Kier molecular flexibility index (Phi) is 6.57. The summed E-state index contributed by atoms with van der Waals surface area (Å²) in [6, 6.07) is 9.28. The zero-order valence-electron chi connectivity index (χ0n) is 15.7. The maximum atomic E-state index is 13.0. The van der Waals surface area contributed by atoms with Crippen LogP contribution in [0.5, 0.6) is 0 Å². The SMILES string of the molecule is CC1CN(Sc2cccc(S(=O)N3CCN(C)C(C)C3)c2)CCN1C. The van der Waals surface area contributed by atoms with Crippen molar-refractivity contribution in [1.29, 1.82) is 0 Å². The second-order valence-corrected chi connectivity index (χ2v) is 9.91. The average Bonchev–Trinajstić information content (AvgIpc) is 2.60. The molecule has 3 atom stereocenters. The number of piperazine rings is 2. The first-order valence-electron chi connectivity index (χ1n) is 9.04. The zero-order valence-corrected chi connectivity index (χ0v) is 17.4. The largest absolute Gasteiger partial charge is 0.301 e. The molecule has 2 aliphatic rings. The lowest BCUT2D eigenvalue weighted by Crippen LogP contribution is -2.50. The fourth-order valence-electron chi connectivity index (χ4n) is 3.20. The second kappa shape index (κ2) is 8.50. The molecule has 3 rings (SSSR count). The number of hydrogen-bond donors (Lipinski definition) is 0. The Balaban J connectivity index is 1.64. The summed E-state index contributed by atoms with van der Waals surface area (Å²) in [6.45, 7) is 10.4. The maximum absolute atomic E-state index is 13.0. The van der Waals surface area contributed by atoms with Gasteiger partial charge in [-0.2, -0.15) is 0 Å². The molecule has 140 valence electrons. The molecule has 7 heteroatoms. The Morgan fingerprint density at radius 3 is 2.36 bits per heavy atom. The summed E-state index contributed by atoms with van der Waals surface area (Å²) >= 11 is 1.79. The third-order valence-corrected chi connectivity index (χ3v) is 7.83. The van der Waals surface area contributed by atoms with Gasteiger partial charge in [0, 0.05) is 56.2 Å². The molecular weight excluding hydrogens is 352 g/mol. The highest BCUT2D eigenvalue weighted by molar-refractivity contribution is 7.97. The molecule has 3 unspecified atom stereocenters. The second-order valence-electron chi connectivity index (χ2n) is 7.25. The Morgan fingerprint density at radius 2 is 1.68 bits per heavy atom. The van der Waals surface area contributed by atoms with E-state index in [2.05, 4.69) is 58.5 Å². The van der Waals surface area contributed by atoms with Crippen LogP contribution < -0.4 is 0 Å². The van der Waals surface area contributed by atoms with Gasteiger partial charge in [0.25, 0.3) is 0 Å². The molecule has 2 heterocycles. The summed E-state index contributed by atoms with van der Waals surface area (Å²) < 4.78 is 17.5. The van der Waals surface area contributed by atoms with Crippen molar-refractivity contribution in [1.82, 2.24) is 18.4 Å². The smallest absolute Gasteiger partial charge is 0.127 e. The molecular formula is C18H30N4OS2. The summed E-state index contributed by atoms with van der Waals surface area (Å²) in [7, 11) is 3.26. The van der Waals surface area contributed by atoms with Crippen molar-refractivity contribution in [2.45, 2.75) is 35.7 Å². The van der Waals surface area contributed by atoms with Crippen molar-refractivity contribution in [2.24, 2.45) is 0 Å². The van der Waals surface area contributed by atoms with E-state index in [0.29, 0.717) is 12.1 Å². The predicted octanol–water partition coefficient (Wildman–Crippen LogP) is 1.99.